The first-order valence-corrected chi connectivity index (χ1v) is 7.08. The highest BCUT2D eigenvalue weighted by atomic mass is 32.2. The van der Waals surface area contributed by atoms with Gasteiger partial charge in [-0.05, 0) is 31.5 Å². The van der Waals surface area contributed by atoms with Crippen molar-refractivity contribution in [3.8, 4) is 0 Å². The van der Waals surface area contributed by atoms with Crippen LogP contribution in [0.4, 0.5) is 4.39 Å². The third-order valence-electron chi connectivity index (χ3n) is 2.25. The molecule has 0 atom stereocenters. The molecule has 0 heterocycles. The lowest BCUT2D eigenvalue weighted by molar-refractivity contribution is -0.136. The van der Waals surface area contributed by atoms with E-state index in [1.54, 1.807) is 0 Å². The Hall–Kier alpha value is -1.47. The second-order valence-corrected chi connectivity index (χ2v) is 6.53. The summed E-state index contributed by atoms with van der Waals surface area (Å²) in [5.41, 5.74) is -1.29. The number of carboxylic acids is 1. The molecule has 5 nitrogen and oxygen atoms in total. The first-order chi connectivity index (χ1) is 8.60. The Labute approximate surface area is 111 Å². The van der Waals surface area contributed by atoms with Gasteiger partial charge < -0.3 is 5.11 Å². The van der Waals surface area contributed by atoms with E-state index < -0.39 is 21.7 Å². The average Bonchev–Trinajstić information content (AvgIpc) is 2.25. The number of benzene rings is 1. The van der Waals surface area contributed by atoms with Crippen molar-refractivity contribution in [2.45, 2.75) is 30.8 Å². The van der Waals surface area contributed by atoms with Gasteiger partial charge >= 0.3 is 5.97 Å². The molecule has 19 heavy (non-hydrogen) atoms. The lowest BCUT2D eigenvalue weighted by Gasteiger charge is -2.15. The first kappa shape index (κ1) is 15.6. The Morgan fingerprint density at radius 1 is 1.42 bits per heavy atom. The number of hydrogen-bond acceptors (Lipinski definition) is 3. The molecule has 0 aliphatic rings. The second-order valence-electron chi connectivity index (χ2n) is 4.76. The summed E-state index contributed by atoms with van der Waals surface area (Å²) in [4.78, 5) is 10.5. The number of carboxylic acid groups (broad SMARTS) is 1. The van der Waals surface area contributed by atoms with Crippen LogP contribution in [0.3, 0.4) is 0 Å². The number of carbonyl (C=O) groups is 1. The van der Waals surface area contributed by atoms with E-state index in [2.05, 4.69) is 4.72 Å². The summed E-state index contributed by atoms with van der Waals surface area (Å²) < 4.78 is 39.2. The minimum atomic E-state index is -3.83. The molecule has 2 N–H and O–H groups in total. The standard InChI is InChI=1S/C12H16FNO4S/c1-12(2,13)8-14-19(17,18)10-5-3-4-9(6-10)7-11(15)16/h3-6,14H,7-8H2,1-2H3,(H,15,16). The normalized spacial score (nSPS) is 12.4. The molecular weight excluding hydrogens is 273 g/mol. The van der Waals surface area contributed by atoms with Crippen LogP contribution in [0.1, 0.15) is 19.4 Å². The third-order valence-corrected chi connectivity index (χ3v) is 3.65. The van der Waals surface area contributed by atoms with Crippen LogP contribution in [-0.2, 0) is 21.2 Å². The lowest BCUT2D eigenvalue weighted by atomic mass is 10.2. The third kappa shape index (κ3) is 5.35. The fourth-order valence-electron chi connectivity index (χ4n) is 1.35. The van der Waals surface area contributed by atoms with Crippen molar-refractivity contribution in [1.29, 1.82) is 0 Å². The van der Waals surface area contributed by atoms with Gasteiger partial charge in [0, 0.05) is 6.54 Å². The molecule has 0 saturated heterocycles. The minimum Gasteiger partial charge on any atom is -0.481 e. The Morgan fingerprint density at radius 3 is 2.58 bits per heavy atom. The molecule has 1 aromatic carbocycles. The molecular formula is C12H16FNO4S. The predicted octanol–water partition coefficient (Wildman–Crippen LogP) is 1.34. The van der Waals surface area contributed by atoms with Crippen LogP contribution in [0.15, 0.2) is 29.2 Å². The Kier molecular flexibility index (Phi) is 4.65. The highest BCUT2D eigenvalue weighted by molar-refractivity contribution is 7.89. The molecule has 0 aliphatic heterocycles. The first-order valence-electron chi connectivity index (χ1n) is 5.59. The van der Waals surface area contributed by atoms with E-state index in [1.807, 2.05) is 0 Å². The maximum atomic E-state index is 13.3. The van der Waals surface area contributed by atoms with E-state index in [-0.39, 0.29) is 17.9 Å². The molecule has 0 amide bonds. The number of hydrogen-bond donors (Lipinski definition) is 2. The van der Waals surface area contributed by atoms with E-state index in [0.29, 0.717) is 5.56 Å². The smallest absolute Gasteiger partial charge is 0.307 e. The SMILES string of the molecule is CC(C)(F)CNS(=O)(=O)c1cccc(CC(=O)O)c1. The zero-order valence-electron chi connectivity index (χ0n) is 10.7. The summed E-state index contributed by atoms with van der Waals surface area (Å²) in [7, 11) is -3.83. The average molecular weight is 289 g/mol. The molecule has 0 unspecified atom stereocenters. The molecule has 1 aromatic rings. The quantitative estimate of drug-likeness (QED) is 0.828. The van der Waals surface area contributed by atoms with Crippen molar-refractivity contribution in [1.82, 2.24) is 4.72 Å². The zero-order chi connectivity index (χ0) is 14.7. The summed E-state index contributed by atoms with van der Waals surface area (Å²) in [6, 6.07) is 5.57. The number of sulfonamides is 1. The summed E-state index contributed by atoms with van der Waals surface area (Å²) in [6.07, 6.45) is -0.266. The van der Waals surface area contributed by atoms with Crippen LogP contribution in [0, 0.1) is 0 Å². The summed E-state index contributed by atoms with van der Waals surface area (Å²) in [6.45, 7) is 2.17. The van der Waals surface area contributed by atoms with Gasteiger partial charge in [-0.2, -0.15) is 0 Å². The monoisotopic (exact) mass is 289 g/mol. The molecule has 0 aromatic heterocycles. The van der Waals surface area contributed by atoms with Crippen molar-refractivity contribution in [2.75, 3.05) is 6.54 Å². The van der Waals surface area contributed by atoms with Crippen LogP contribution >= 0.6 is 0 Å². The fraction of sp³-hybridized carbons (Fsp3) is 0.417. The van der Waals surface area contributed by atoms with E-state index in [1.165, 1.54) is 38.1 Å². The van der Waals surface area contributed by atoms with Gasteiger partial charge in [-0.1, -0.05) is 12.1 Å². The van der Waals surface area contributed by atoms with Gasteiger partial charge in [-0.15, -0.1) is 0 Å². The van der Waals surface area contributed by atoms with E-state index in [0.717, 1.165) is 0 Å². The van der Waals surface area contributed by atoms with Gasteiger partial charge in [0.1, 0.15) is 5.67 Å². The number of halogens is 1. The summed E-state index contributed by atoms with van der Waals surface area (Å²) in [5, 5.41) is 8.66. The lowest BCUT2D eigenvalue weighted by Crippen LogP contribution is -2.35. The van der Waals surface area contributed by atoms with Crippen LogP contribution in [0.2, 0.25) is 0 Å². The largest absolute Gasteiger partial charge is 0.481 e. The Bertz CT molecular complexity index is 563. The predicted molar refractivity (Wildman–Crippen MR) is 68.2 cm³/mol. The molecule has 106 valence electrons. The second kappa shape index (κ2) is 5.66. The van der Waals surface area contributed by atoms with Gasteiger partial charge in [0.25, 0.3) is 0 Å². The van der Waals surface area contributed by atoms with E-state index in [9.17, 15) is 17.6 Å². The van der Waals surface area contributed by atoms with Crippen LogP contribution in [0.25, 0.3) is 0 Å². The Balaban J connectivity index is 2.92. The highest BCUT2D eigenvalue weighted by Crippen LogP contribution is 2.14. The highest BCUT2D eigenvalue weighted by Gasteiger charge is 2.21. The topological polar surface area (TPSA) is 83.5 Å². The molecule has 0 saturated carbocycles. The van der Waals surface area contributed by atoms with Crippen molar-refractivity contribution >= 4 is 16.0 Å². The van der Waals surface area contributed by atoms with Gasteiger partial charge in [-0.3, -0.25) is 4.79 Å². The Morgan fingerprint density at radius 2 is 2.05 bits per heavy atom. The number of nitrogens with one attached hydrogen (secondary N) is 1. The summed E-state index contributed by atoms with van der Waals surface area (Å²) >= 11 is 0. The fourth-order valence-corrected chi connectivity index (χ4v) is 2.61. The van der Waals surface area contributed by atoms with Crippen LogP contribution in [0.5, 0.6) is 0 Å². The summed E-state index contributed by atoms with van der Waals surface area (Å²) in [5.74, 6) is -1.05. The minimum absolute atomic E-state index is 0.0736. The van der Waals surface area contributed by atoms with E-state index in [4.69, 9.17) is 5.11 Å². The van der Waals surface area contributed by atoms with Gasteiger partial charge in [0.05, 0.1) is 11.3 Å². The van der Waals surface area contributed by atoms with Crippen molar-refractivity contribution in [3.05, 3.63) is 29.8 Å². The molecule has 0 aliphatic carbocycles. The number of alkyl halides is 1. The van der Waals surface area contributed by atoms with Crippen LogP contribution in [-0.4, -0.2) is 31.7 Å². The van der Waals surface area contributed by atoms with Crippen molar-refractivity contribution in [2.24, 2.45) is 0 Å². The van der Waals surface area contributed by atoms with Crippen LogP contribution < -0.4 is 4.72 Å². The zero-order valence-corrected chi connectivity index (χ0v) is 11.5. The van der Waals surface area contributed by atoms with E-state index >= 15 is 0 Å². The van der Waals surface area contributed by atoms with Gasteiger partial charge in [-0.25, -0.2) is 17.5 Å². The molecule has 1 rings (SSSR count). The molecule has 0 fully saturated rings. The molecule has 0 bridgehead atoms. The van der Waals surface area contributed by atoms with Crippen molar-refractivity contribution in [3.63, 3.8) is 0 Å². The van der Waals surface area contributed by atoms with Crippen molar-refractivity contribution < 1.29 is 22.7 Å². The number of rotatable bonds is 6. The molecule has 7 heteroatoms. The molecule has 0 spiro atoms. The maximum Gasteiger partial charge on any atom is 0.307 e. The number of aliphatic carboxylic acids is 1. The van der Waals surface area contributed by atoms with Gasteiger partial charge in [0.15, 0.2) is 0 Å². The van der Waals surface area contributed by atoms with Gasteiger partial charge in [0.2, 0.25) is 10.0 Å². The molecule has 0 radical (unpaired) electrons. The maximum absolute atomic E-state index is 13.3.